The molecule has 0 aliphatic heterocycles. The third-order valence-electron chi connectivity index (χ3n) is 2.67. The predicted octanol–water partition coefficient (Wildman–Crippen LogP) is 3.03. The van der Waals surface area contributed by atoms with Crippen LogP contribution >= 0.6 is 15.9 Å². The van der Waals surface area contributed by atoms with Crippen molar-refractivity contribution in [3.05, 3.63) is 35.4 Å². The monoisotopic (exact) mass is 319 g/mol. The molecule has 0 bridgehead atoms. The Morgan fingerprint density at radius 2 is 2.06 bits per heavy atom. The van der Waals surface area contributed by atoms with Gasteiger partial charge in [-0.2, -0.15) is 0 Å². The Bertz CT molecular complexity index is 398. The molecule has 1 aromatic carbocycles. The van der Waals surface area contributed by atoms with Crippen molar-refractivity contribution < 1.29 is 13.6 Å². The molecule has 1 rings (SSSR count). The van der Waals surface area contributed by atoms with Gasteiger partial charge in [-0.15, -0.1) is 0 Å². The third kappa shape index (κ3) is 4.72. The number of aryl methyl sites for hydroxylation is 1. The summed E-state index contributed by atoms with van der Waals surface area (Å²) < 4.78 is 24.8. The van der Waals surface area contributed by atoms with Crippen molar-refractivity contribution in [1.29, 1.82) is 0 Å². The first kappa shape index (κ1) is 15.1. The van der Waals surface area contributed by atoms with Crippen LogP contribution in [0.2, 0.25) is 0 Å². The summed E-state index contributed by atoms with van der Waals surface area (Å²) in [5, 5.41) is 0.499. The van der Waals surface area contributed by atoms with Crippen molar-refractivity contribution in [2.75, 3.05) is 18.4 Å². The highest BCUT2D eigenvalue weighted by atomic mass is 79.9. The highest BCUT2D eigenvalue weighted by Gasteiger charge is 2.18. The SMILES string of the molecule is Cc1ccccc1CC(=O)N(CCBr)CC(F)F. The maximum absolute atomic E-state index is 12.4. The minimum atomic E-state index is -2.50. The highest BCUT2D eigenvalue weighted by Crippen LogP contribution is 2.10. The Labute approximate surface area is 114 Å². The van der Waals surface area contributed by atoms with E-state index < -0.39 is 13.0 Å². The van der Waals surface area contributed by atoms with Crippen LogP contribution in [0.3, 0.4) is 0 Å². The molecule has 0 saturated heterocycles. The number of hydrogen-bond donors (Lipinski definition) is 0. The number of halogens is 3. The van der Waals surface area contributed by atoms with Crippen LogP contribution in [-0.4, -0.2) is 35.7 Å². The third-order valence-corrected chi connectivity index (χ3v) is 3.02. The number of amides is 1. The van der Waals surface area contributed by atoms with E-state index >= 15 is 0 Å². The van der Waals surface area contributed by atoms with Gasteiger partial charge < -0.3 is 4.90 Å². The summed E-state index contributed by atoms with van der Waals surface area (Å²) >= 11 is 3.17. The van der Waals surface area contributed by atoms with Gasteiger partial charge in [0.2, 0.25) is 5.91 Å². The van der Waals surface area contributed by atoms with Gasteiger partial charge in [-0.3, -0.25) is 4.79 Å². The molecule has 2 nitrogen and oxygen atoms in total. The zero-order valence-corrected chi connectivity index (χ0v) is 11.8. The van der Waals surface area contributed by atoms with Gasteiger partial charge in [-0.1, -0.05) is 40.2 Å². The van der Waals surface area contributed by atoms with Crippen molar-refractivity contribution in [2.24, 2.45) is 0 Å². The maximum Gasteiger partial charge on any atom is 0.255 e. The summed E-state index contributed by atoms with van der Waals surface area (Å²) in [7, 11) is 0. The summed E-state index contributed by atoms with van der Waals surface area (Å²) in [6.45, 7) is 1.70. The molecule has 0 saturated carbocycles. The minimum Gasteiger partial charge on any atom is -0.336 e. The van der Waals surface area contributed by atoms with Crippen LogP contribution in [0.15, 0.2) is 24.3 Å². The first-order chi connectivity index (χ1) is 8.54. The van der Waals surface area contributed by atoms with Crippen molar-refractivity contribution in [3.63, 3.8) is 0 Å². The normalized spacial score (nSPS) is 10.7. The fraction of sp³-hybridized carbons (Fsp3) is 0.462. The largest absolute Gasteiger partial charge is 0.336 e. The summed E-state index contributed by atoms with van der Waals surface area (Å²) in [5.74, 6) is -0.260. The fourth-order valence-electron chi connectivity index (χ4n) is 1.67. The van der Waals surface area contributed by atoms with Crippen molar-refractivity contribution in [3.8, 4) is 0 Å². The number of carbonyl (C=O) groups excluding carboxylic acids is 1. The van der Waals surface area contributed by atoms with E-state index in [1.54, 1.807) is 0 Å². The van der Waals surface area contributed by atoms with E-state index in [9.17, 15) is 13.6 Å². The molecular formula is C13H16BrF2NO. The topological polar surface area (TPSA) is 20.3 Å². The Morgan fingerprint density at radius 1 is 1.39 bits per heavy atom. The molecular weight excluding hydrogens is 304 g/mol. The predicted molar refractivity (Wildman–Crippen MR) is 71.3 cm³/mol. The molecule has 0 radical (unpaired) electrons. The molecule has 0 unspecified atom stereocenters. The van der Waals surface area contributed by atoms with Crippen LogP contribution < -0.4 is 0 Å². The Balaban J connectivity index is 2.69. The number of nitrogens with zero attached hydrogens (tertiary/aromatic N) is 1. The Hall–Kier alpha value is -0.970. The maximum atomic E-state index is 12.4. The van der Waals surface area contributed by atoms with E-state index in [4.69, 9.17) is 0 Å². The van der Waals surface area contributed by atoms with Crippen LogP contribution in [0.5, 0.6) is 0 Å². The van der Waals surface area contributed by atoms with Crippen LogP contribution in [0, 0.1) is 6.92 Å². The smallest absolute Gasteiger partial charge is 0.255 e. The van der Waals surface area contributed by atoms with E-state index in [1.807, 2.05) is 31.2 Å². The first-order valence-corrected chi connectivity index (χ1v) is 6.83. The molecule has 0 heterocycles. The number of alkyl halides is 3. The van der Waals surface area contributed by atoms with Gasteiger partial charge >= 0.3 is 0 Å². The van der Waals surface area contributed by atoms with E-state index in [0.29, 0.717) is 11.9 Å². The quantitative estimate of drug-likeness (QED) is 0.738. The van der Waals surface area contributed by atoms with Gasteiger partial charge in [0.1, 0.15) is 0 Å². The van der Waals surface area contributed by atoms with E-state index in [2.05, 4.69) is 15.9 Å². The molecule has 0 N–H and O–H groups in total. The van der Waals surface area contributed by atoms with Crippen LogP contribution in [0.1, 0.15) is 11.1 Å². The molecule has 18 heavy (non-hydrogen) atoms. The average Bonchev–Trinajstić information content (AvgIpc) is 2.31. The van der Waals surface area contributed by atoms with Crippen LogP contribution in [0.25, 0.3) is 0 Å². The van der Waals surface area contributed by atoms with Crippen molar-refractivity contribution in [1.82, 2.24) is 4.90 Å². The second-order valence-corrected chi connectivity index (χ2v) is 4.82. The summed E-state index contributed by atoms with van der Waals surface area (Å²) in [4.78, 5) is 13.2. The number of rotatable bonds is 6. The lowest BCUT2D eigenvalue weighted by atomic mass is 10.1. The summed E-state index contributed by atoms with van der Waals surface area (Å²) in [6.07, 6.45) is -2.32. The fourth-order valence-corrected chi connectivity index (χ4v) is 2.10. The zero-order valence-electron chi connectivity index (χ0n) is 10.2. The second-order valence-electron chi connectivity index (χ2n) is 4.02. The van der Waals surface area contributed by atoms with Gasteiger partial charge in [-0.05, 0) is 18.1 Å². The van der Waals surface area contributed by atoms with E-state index in [-0.39, 0.29) is 12.3 Å². The molecule has 0 fully saturated rings. The molecule has 0 aliphatic carbocycles. The number of benzene rings is 1. The molecule has 5 heteroatoms. The van der Waals surface area contributed by atoms with Gasteiger partial charge in [0.25, 0.3) is 6.43 Å². The minimum absolute atomic E-state index is 0.173. The lowest BCUT2D eigenvalue weighted by Crippen LogP contribution is -2.37. The average molecular weight is 320 g/mol. The van der Waals surface area contributed by atoms with Gasteiger partial charge in [-0.25, -0.2) is 8.78 Å². The summed E-state index contributed by atoms with van der Waals surface area (Å²) in [5.41, 5.74) is 1.89. The van der Waals surface area contributed by atoms with E-state index in [0.717, 1.165) is 11.1 Å². The van der Waals surface area contributed by atoms with Gasteiger partial charge in [0.15, 0.2) is 0 Å². The Kier molecular flexibility index (Phi) is 6.25. The molecule has 0 spiro atoms. The molecule has 0 aliphatic rings. The number of hydrogen-bond acceptors (Lipinski definition) is 1. The van der Waals surface area contributed by atoms with Crippen molar-refractivity contribution >= 4 is 21.8 Å². The van der Waals surface area contributed by atoms with Gasteiger partial charge in [0.05, 0.1) is 13.0 Å². The second kappa shape index (κ2) is 7.46. The molecule has 1 amide bonds. The lowest BCUT2D eigenvalue weighted by Gasteiger charge is -2.21. The van der Waals surface area contributed by atoms with Crippen molar-refractivity contribution in [2.45, 2.75) is 19.8 Å². The van der Waals surface area contributed by atoms with E-state index in [1.165, 1.54) is 4.90 Å². The van der Waals surface area contributed by atoms with Crippen LogP contribution in [-0.2, 0) is 11.2 Å². The molecule has 100 valence electrons. The molecule has 1 aromatic rings. The molecule has 0 atom stereocenters. The standard InChI is InChI=1S/C13H16BrF2NO/c1-10-4-2-3-5-11(10)8-13(18)17(7-6-14)9-12(15)16/h2-5,12H,6-9H2,1H3. The van der Waals surface area contributed by atoms with Crippen LogP contribution in [0.4, 0.5) is 8.78 Å². The zero-order chi connectivity index (χ0) is 13.5. The number of carbonyl (C=O) groups is 1. The lowest BCUT2D eigenvalue weighted by molar-refractivity contribution is -0.132. The molecule has 0 aromatic heterocycles. The Morgan fingerprint density at radius 3 is 2.61 bits per heavy atom. The van der Waals surface area contributed by atoms with Gasteiger partial charge in [0, 0.05) is 11.9 Å². The first-order valence-electron chi connectivity index (χ1n) is 5.71. The highest BCUT2D eigenvalue weighted by molar-refractivity contribution is 9.09. The summed E-state index contributed by atoms with van der Waals surface area (Å²) in [6, 6.07) is 7.49.